The molecule has 32 heavy (non-hydrogen) atoms. The van der Waals surface area contributed by atoms with Crippen LogP contribution >= 0.6 is 0 Å². The van der Waals surface area contributed by atoms with Gasteiger partial charge in [0, 0.05) is 12.7 Å². The lowest BCUT2D eigenvalue weighted by molar-refractivity contribution is 0.0514. The third-order valence-corrected chi connectivity index (χ3v) is 4.86. The Labute approximate surface area is 188 Å². The Morgan fingerprint density at radius 2 is 1.72 bits per heavy atom. The summed E-state index contributed by atoms with van der Waals surface area (Å²) >= 11 is 0. The van der Waals surface area contributed by atoms with E-state index in [1.54, 1.807) is 32.2 Å². The zero-order valence-corrected chi connectivity index (χ0v) is 18.5. The van der Waals surface area contributed by atoms with Crippen molar-refractivity contribution >= 4 is 5.97 Å². The summed E-state index contributed by atoms with van der Waals surface area (Å²) in [6.45, 7) is 2.23. The first-order chi connectivity index (χ1) is 15.5. The van der Waals surface area contributed by atoms with Crippen molar-refractivity contribution in [3.8, 4) is 22.6 Å². The van der Waals surface area contributed by atoms with Crippen LogP contribution in [0, 0.1) is 0 Å². The van der Waals surface area contributed by atoms with Gasteiger partial charge in [0.1, 0.15) is 18.1 Å². The fourth-order valence-corrected chi connectivity index (χ4v) is 3.38. The van der Waals surface area contributed by atoms with Gasteiger partial charge in [-0.25, -0.2) is 4.79 Å². The summed E-state index contributed by atoms with van der Waals surface area (Å²) in [5.74, 6) is 0.811. The van der Waals surface area contributed by atoms with Crippen LogP contribution in [-0.2, 0) is 22.5 Å². The zero-order valence-electron chi connectivity index (χ0n) is 18.5. The van der Waals surface area contributed by atoms with Gasteiger partial charge in [-0.2, -0.15) is 0 Å². The summed E-state index contributed by atoms with van der Waals surface area (Å²) in [6.07, 6.45) is -0.158. The van der Waals surface area contributed by atoms with Crippen molar-refractivity contribution in [3.05, 3.63) is 83.4 Å². The molecule has 0 aliphatic heterocycles. The summed E-state index contributed by atoms with van der Waals surface area (Å²) in [5, 5.41) is 10.1. The zero-order chi connectivity index (χ0) is 22.9. The maximum atomic E-state index is 12.1. The van der Waals surface area contributed by atoms with Gasteiger partial charge >= 0.3 is 5.97 Å². The molecule has 0 unspecified atom stereocenters. The first-order valence-corrected chi connectivity index (χ1v) is 10.3. The van der Waals surface area contributed by atoms with E-state index in [9.17, 15) is 9.90 Å². The van der Waals surface area contributed by atoms with Crippen molar-refractivity contribution in [2.24, 2.45) is 0 Å². The molecule has 0 bridgehead atoms. The molecule has 6 nitrogen and oxygen atoms in total. The van der Waals surface area contributed by atoms with Crippen molar-refractivity contribution in [2.75, 3.05) is 21.0 Å². The Balaban J connectivity index is 1.99. The lowest BCUT2D eigenvalue weighted by atomic mass is 9.94. The summed E-state index contributed by atoms with van der Waals surface area (Å²) in [7, 11) is 2.88. The molecule has 0 amide bonds. The van der Waals surface area contributed by atoms with Crippen LogP contribution in [0.2, 0.25) is 0 Å². The van der Waals surface area contributed by atoms with Gasteiger partial charge < -0.3 is 24.1 Å². The number of rotatable bonds is 10. The monoisotopic (exact) mass is 436 g/mol. The van der Waals surface area contributed by atoms with Crippen LogP contribution < -0.4 is 9.47 Å². The number of esters is 1. The average Bonchev–Trinajstić information content (AvgIpc) is 2.81. The quantitative estimate of drug-likeness (QED) is 0.369. The highest BCUT2D eigenvalue weighted by molar-refractivity contribution is 5.92. The number of carbonyl (C=O) groups excluding carboxylic acids is 1. The van der Waals surface area contributed by atoms with Gasteiger partial charge in [-0.3, -0.25) is 0 Å². The Hall–Kier alpha value is -3.35. The molecule has 0 heterocycles. The molecule has 0 saturated carbocycles. The van der Waals surface area contributed by atoms with Crippen LogP contribution in [-0.4, -0.2) is 38.2 Å². The molecular weight excluding hydrogens is 408 g/mol. The van der Waals surface area contributed by atoms with Crippen molar-refractivity contribution in [1.82, 2.24) is 0 Å². The minimum atomic E-state index is -0.565. The van der Waals surface area contributed by atoms with Gasteiger partial charge in [0.15, 0.2) is 6.79 Å². The molecule has 0 aliphatic rings. The molecular formula is C26H28O6. The predicted molar refractivity (Wildman–Crippen MR) is 122 cm³/mol. The van der Waals surface area contributed by atoms with Crippen LogP contribution in [0.4, 0.5) is 0 Å². The second-order valence-electron chi connectivity index (χ2n) is 7.40. The Bertz CT molecular complexity index is 1030. The second kappa shape index (κ2) is 11.3. The number of aliphatic hydroxyl groups excluding tert-OH is 1. The van der Waals surface area contributed by atoms with Crippen LogP contribution in [0.25, 0.3) is 11.1 Å². The maximum Gasteiger partial charge on any atom is 0.337 e. The van der Waals surface area contributed by atoms with Crippen LogP contribution in [0.1, 0.15) is 28.4 Å². The number of hydrogen-bond acceptors (Lipinski definition) is 6. The van der Waals surface area contributed by atoms with Gasteiger partial charge in [0.2, 0.25) is 0 Å². The summed E-state index contributed by atoms with van der Waals surface area (Å²) in [6, 6.07) is 20.7. The van der Waals surface area contributed by atoms with Crippen molar-refractivity contribution in [1.29, 1.82) is 0 Å². The van der Waals surface area contributed by atoms with E-state index < -0.39 is 12.1 Å². The minimum absolute atomic E-state index is 0.0641. The van der Waals surface area contributed by atoms with Crippen LogP contribution in [0.5, 0.6) is 11.5 Å². The summed E-state index contributed by atoms with van der Waals surface area (Å²) in [4.78, 5) is 12.1. The van der Waals surface area contributed by atoms with Crippen molar-refractivity contribution in [2.45, 2.75) is 26.1 Å². The van der Waals surface area contributed by atoms with Crippen LogP contribution in [0.15, 0.2) is 66.7 Å². The second-order valence-corrected chi connectivity index (χ2v) is 7.40. The van der Waals surface area contributed by atoms with E-state index in [4.69, 9.17) is 18.9 Å². The highest BCUT2D eigenvalue weighted by Crippen LogP contribution is 2.36. The molecule has 1 atom stereocenters. The molecule has 3 aromatic carbocycles. The Morgan fingerprint density at radius 3 is 2.41 bits per heavy atom. The summed E-state index contributed by atoms with van der Waals surface area (Å²) in [5.41, 5.74) is 3.87. The first-order valence-electron chi connectivity index (χ1n) is 10.3. The number of ether oxygens (including phenoxy) is 4. The van der Waals surface area contributed by atoms with Crippen LogP contribution in [0.3, 0.4) is 0 Å². The molecule has 0 saturated heterocycles. The number of aliphatic hydroxyl groups is 1. The molecule has 0 aromatic heterocycles. The molecule has 0 radical (unpaired) electrons. The van der Waals surface area contributed by atoms with E-state index in [-0.39, 0.29) is 6.79 Å². The Morgan fingerprint density at radius 1 is 0.938 bits per heavy atom. The number of hydrogen-bond donors (Lipinski definition) is 1. The van der Waals surface area contributed by atoms with Gasteiger partial charge in [-0.05, 0) is 60.4 Å². The minimum Gasteiger partial charge on any atom is -0.489 e. The highest BCUT2D eigenvalue weighted by Gasteiger charge is 2.17. The molecule has 3 rings (SSSR count). The van der Waals surface area contributed by atoms with E-state index >= 15 is 0 Å². The SMILES string of the molecule is COCOc1ccc(C(=O)OC)cc1-c1ccc(OCc2ccccc2)cc1C[C@H](C)O. The van der Waals surface area contributed by atoms with E-state index in [1.807, 2.05) is 48.5 Å². The van der Waals surface area contributed by atoms with Crippen molar-refractivity contribution in [3.63, 3.8) is 0 Å². The average molecular weight is 437 g/mol. The van der Waals surface area contributed by atoms with Gasteiger partial charge in [0.25, 0.3) is 0 Å². The number of carbonyl (C=O) groups is 1. The van der Waals surface area contributed by atoms with Gasteiger partial charge in [-0.15, -0.1) is 0 Å². The highest BCUT2D eigenvalue weighted by atomic mass is 16.7. The molecule has 0 aliphatic carbocycles. The van der Waals surface area contributed by atoms with E-state index in [0.29, 0.717) is 35.7 Å². The Kier molecular flexibility index (Phi) is 8.25. The normalized spacial score (nSPS) is 11.6. The van der Waals surface area contributed by atoms with Gasteiger partial charge in [-0.1, -0.05) is 36.4 Å². The van der Waals surface area contributed by atoms with E-state index in [1.165, 1.54) is 7.11 Å². The number of benzene rings is 3. The smallest absolute Gasteiger partial charge is 0.337 e. The molecule has 1 N–H and O–H groups in total. The third kappa shape index (κ3) is 6.09. The molecule has 0 fully saturated rings. The largest absolute Gasteiger partial charge is 0.489 e. The predicted octanol–water partition coefficient (Wildman–Crippen LogP) is 4.63. The van der Waals surface area contributed by atoms with E-state index in [0.717, 1.165) is 16.7 Å². The third-order valence-electron chi connectivity index (χ3n) is 4.86. The lowest BCUT2D eigenvalue weighted by Crippen LogP contribution is -2.08. The van der Waals surface area contributed by atoms with Crippen molar-refractivity contribution < 1.29 is 28.8 Å². The standard InChI is InChI=1S/C26H28O6/c1-18(27)13-21-14-22(31-16-19-7-5-4-6-8-19)10-11-23(21)24-15-20(26(28)30-3)9-12-25(24)32-17-29-2/h4-12,14-15,18,27H,13,16-17H2,1-3H3/t18-/m0/s1. The first kappa shape index (κ1) is 23.3. The van der Waals surface area contributed by atoms with Gasteiger partial charge in [0.05, 0.1) is 18.8 Å². The maximum absolute atomic E-state index is 12.1. The number of methoxy groups -OCH3 is 2. The molecule has 0 spiro atoms. The lowest BCUT2D eigenvalue weighted by Gasteiger charge is -2.18. The molecule has 6 heteroatoms. The topological polar surface area (TPSA) is 74.2 Å². The van der Waals surface area contributed by atoms with E-state index in [2.05, 4.69) is 0 Å². The fraction of sp³-hybridized carbons (Fsp3) is 0.269. The molecule has 168 valence electrons. The summed E-state index contributed by atoms with van der Waals surface area (Å²) < 4.78 is 21.6. The molecule has 3 aromatic rings. The fourth-order valence-electron chi connectivity index (χ4n) is 3.38.